The van der Waals surface area contributed by atoms with Crippen molar-refractivity contribution in [3.63, 3.8) is 0 Å². The summed E-state index contributed by atoms with van der Waals surface area (Å²) in [7, 11) is 0. The van der Waals surface area contributed by atoms with Gasteiger partial charge in [0.25, 0.3) is 11.8 Å². The number of hydrogen-bond acceptors (Lipinski definition) is 6. The molecule has 2 aromatic carbocycles. The molecule has 0 saturated heterocycles. The first-order valence-corrected chi connectivity index (χ1v) is 9.39. The van der Waals surface area contributed by atoms with Gasteiger partial charge in [-0.15, -0.1) is 0 Å². The summed E-state index contributed by atoms with van der Waals surface area (Å²) < 4.78 is 32.9. The van der Waals surface area contributed by atoms with Crippen LogP contribution in [0.3, 0.4) is 0 Å². The van der Waals surface area contributed by atoms with Gasteiger partial charge in [-0.25, -0.2) is 8.78 Å². The van der Waals surface area contributed by atoms with E-state index in [0.29, 0.717) is 25.7 Å². The van der Waals surface area contributed by atoms with Crippen LogP contribution in [0.5, 0.6) is 0 Å². The van der Waals surface area contributed by atoms with Gasteiger partial charge in [0.2, 0.25) is 5.76 Å². The van der Waals surface area contributed by atoms with Gasteiger partial charge in [-0.05, 0) is 23.8 Å². The minimum atomic E-state index is -1.05. The van der Waals surface area contributed by atoms with Crippen LogP contribution in [-0.4, -0.2) is 53.2 Å². The average Bonchev–Trinajstić information content (AvgIpc) is 3.07. The van der Waals surface area contributed by atoms with Crippen molar-refractivity contribution in [2.24, 2.45) is 5.73 Å². The number of carbonyl (C=O) groups is 2. The molecule has 1 heterocycles. The molecule has 10 heteroatoms. The lowest BCUT2D eigenvalue weighted by Crippen LogP contribution is -2.29. The number of benzene rings is 2. The van der Waals surface area contributed by atoms with Gasteiger partial charge < -0.3 is 25.7 Å². The second kappa shape index (κ2) is 9.65. The van der Waals surface area contributed by atoms with E-state index in [0.717, 1.165) is 11.6 Å². The zero-order valence-corrected chi connectivity index (χ0v) is 16.4. The Morgan fingerprint density at radius 2 is 1.81 bits per heavy atom. The third-order valence-corrected chi connectivity index (χ3v) is 4.60. The number of aliphatic hydroxyl groups excluding tert-OH is 2. The molecule has 0 bridgehead atoms. The van der Waals surface area contributed by atoms with E-state index < -0.39 is 34.8 Å². The van der Waals surface area contributed by atoms with Crippen molar-refractivity contribution >= 4 is 28.5 Å². The Bertz CT molecular complexity index is 1110. The summed E-state index contributed by atoms with van der Waals surface area (Å²) in [6.07, 6.45) is 0. The first-order chi connectivity index (χ1) is 14.8. The van der Waals surface area contributed by atoms with Gasteiger partial charge in [0, 0.05) is 31.3 Å². The molecule has 0 aliphatic heterocycles. The van der Waals surface area contributed by atoms with Crippen LogP contribution in [-0.2, 0) is 6.54 Å². The molecule has 5 N–H and O–H groups in total. The van der Waals surface area contributed by atoms with Crippen molar-refractivity contribution in [3.05, 3.63) is 64.9 Å². The Labute approximate surface area is 175 Å². The molecule has 0 fully saturated rings. The third-order valence-electron chi connectivity index (χ3n) is 4.60. The molecule has 0 aliphatic rings. The summed E-state index contributed by atoms with van der Waals surface area (Å²) in [5.74, 6) is -4.14. The molecular formula is C21H21F2N3O5. The number of halogens is 2. The zero-order chi connectivity index (χ0) is 22.5. The SMILES string of the molecule is NC(=O)c1oc2c(F)cc(F)cc2c1NC(=O)c1cccc(CN(CCO)CCO)c1. The Hall–Kier alpha value is -3.34. The summed E-state index contributed by atoms with van der Waals surface area (Å²) in [6, 6.07) is 8.05. The van der Waals surface area contributed by atoms with Crippen molar-refractivity contribution in [2.75, 3.05) is 31.6 Å². The van der Waals surface area contributed by atoms with E-state index in [4.69, 9.17) is 20.4 Å². The molecule has 8 nitrogen and oxygen atoms in total. The lowest BCUT2D eigenvalue weighted by molar-refractivity contribution is 0.0977. The predicted octanol–water partition coefficient (Wildman–Crippen LogP) is 1.85. The van der Waals surface area contributed by atoms with E-state index in [2.05, 4.69) is 5.32 Å². The Balaban J connectivity index is 1.91. The standard InChI is InChI=1S/C21H21F2N3O5/c22-14-9-15-17(19(20(24)29)31-18(15)16(23)10-14)25-21(30)13-3-1-2-12(8-13)11-26(4-6-27)5-7-28/h1-3,8-10,27-28H,4-7,11H2,(H2,24,29)(H,25,30). The molecule has 0 atom stereocenters. The van der Waals surface area contributed by atoms with Gasteiger partial charge in [-0.3, -0.25) is 14.5 Å². The van der Waals surface area contributed by atoms with Crippen LogP contribution >= 0.6 is 0 Å². The van der Waals surface area contributed by atoms with Gasteiger partial charge in [-0.1, -0.05) is 12.1 Å². The molecule has 2 amide bonds. The van der Waals surface area contributed by atoms with Gasteiger partial charge in [0.05, 0.1) is 18.6 Å². The topological polar surface area (TPSA) is 129 Å². The highest BCUT2D eigenvalue weighted by Gasteiger charge is 2.24. The largest absolute Gasteiger partial charge is 0.446 e. The molecule has 0 saturated carbocycles. The lowest BCUT2D eigenvalue weighted by Gasteiger charge is -2.20. The van der Waals surface area contributed by atoms with E-state index in [1.165, 1.54) is 6.07 Å². The number of aliphatic hydroxyl groups is 2. The highest BCUT2D eigenvalue weighted by Crippen LogP contribution is 2.33. The smallest absolute Gasteiger partial charge is 0.286 e. The number of nitrogens with two attached hydrogens (primary N) is 1. The number of rotatable bonds is 9. The maximum Gasteiger partial charge on any atom is 0.286 e. The molecular weight excluding hydrogens is 412 g/mol. The van der Waals surface area contributed by atoms with Crippen LogP contribution in [0.1, 0.15) is 26.5 Å². The van der Waals surface area contributed by atoms with Crippen LogP contribution in [0, 0.1) is 11.6 Å². The minimum absolute atomic E-state index is 0.0866. The predicted molar refractivity (Wildman–Crippen MR) is 108 cm³/mol. The molecule has 0 radical (unpaired) electrons. The van der Waals surface area contributed by atoms with E-state index in [-0.39, 0.29) is 29.9 Å². The maximum atomic E-state index is 14.0. The van der Waals surface area contributed by atoms with Crippen molar-refractivity contribution in [2.45, 2.75) is 6.54 Å². The highest BCUT2D eigenvalue weighted by atomic mass is 19.1. The van der Waals surface area contributed by atoms with Crippen molar-refractivity contribution in [1.82, 2.24) is 4.90 Å². The fraction of sp³-hybridized carbons (Fsp3) is 0.238. The number of amides is 2. The third kappa shape index (κ3) is 5.05. The number of nitrogens with zero attached hydrogens (tertiary/aromatic N) is 1. The van der Waals surface area contributed by atoms with E-state index in [1.54, 1.807) is 23.1 Å². The van der Waals surface area contributed by atoms with Gasteiger partial charge in [-0.2, -0.15) is 0 Å². The highest BCUT2D eigenvalue weighted by molar-refractivity contribution is 6.14. The number of primary amides is 1. The van der Waals surface area contributed by atoms with Crippen LogP contribution in [0.25, 0.3) is 11.0 Å². The van der Waals surface area contributed by atoms with Crippen molar-refractivity contribution < 1.29 is 33.0 Å². The Kier molecular flexibility index (Phi) is 6.95. The molecule has 0 spiro atoms. The van der Waals surface area contributed by atoms with E-state index in [1.807, 2.05) is 0 Å². The van der Waals surface area contributed by atoms with Crippen molar-refractivity contribution in [1.29, 1.82) is 0 Å². The number of furan rings is 1. The molecule has 0 unspecified atom stereocenters. The van der Waals surface area contributed by atoms with Crippen LogP contribution in [0.15, 0.2) is 40.8 Å². The van der Waals surface area contributed by atoms with E-state index >= 15 is 0 Å². The monoisotopic (exact) mass is 433 g/mol. The summed E-state index contributed by atoms with van der Waals surface area (Å²) in [5, 5.41) is 20.6. The summed E-state index contributed by atoms with van der Waals surface area (Å²) in [4.78, 5) is 26.3. The average molecular weight is 433 g/mol. The van der Waals surface area contributed by atoms with Crippen LogP contribution < -0.4 is 11.1 Å². The second-order valence-corrected chi connectivity index (χ2v) is 6.81. The Morgan fingerprint density at radius 1 is 1.10 bits per heavy atom. The first kappa shape index (κ1) is 22.3. The molecule has 3 rings (SSSR count). The van der Waals surface area contributed by atoms with Crippen molar-refractivity contribution in [3.8, 4) is 0 Å². The molecule has 1 aromatic heterocycles. The quantitative estimate of drug-likeness (QED) is 0.408. The second-order valence-electron chi connectivity index (χ2n) is 6.81. The number of hydrogen-bond donors (Lipinski definition) is 4. The maximum absolute atomic E-state index is 14.0. The fourth-order valence-electron chi connectivity index (χ4n) is 3.23. The summed E-state index contributed by atoms with van der Waals surface area (Å²) >= 11 is 0. The van der Waals surface area contributed by atoms with Crippen LogP contribution in [0.2, 0.25) is 0 Å². The number of anilines is 1. The first-order valence-electron chi connectivity index (χ1n) is 9.39. The van der Waals surface area contributed by atoms with Gasteiger partial charge >= 0.3 is 0 Å². The summed E-state index contributed by atoms with van der Waals surface area (Å²) in [5.41, 5.74) is 5.60. The van der Waals surface area contributed by atoms with Gasteiger partial charge in [0.15, 0.2) is 11.4 Å². The minimum Gasteiger partial charge on any atom is -0.446 e. The van der Waals surface area contributed by atoms with Crippen LogP contribution in [0.4, 0.5) is 14.5 Å². The molecule has 0 aliphatic carbocycles. The van der Waals surface area contributed by atoms with Gasteiger partial charge in [0.1, 0.15) is 11.5 Å². The fourth-order valence-corrected chi connectivity index (χ4v) is 3.23. The summed E-state index contributed by atoms with van der Waals surface area (Å²) in [6.45, 7) is 0.890. The molecule has 164 valence electrons. The number of fused-ring (bicyclic) bond motifs is 1. The molecule has 31 heavy (non-hydrogen) atoms. The number of nitrogens with one attached hydrogen (secondary N) is 1. The number of carbonyl (C=O) groups excluding carboxylic acids is 2. The van der Waals surface area contributed by atoms with E-state index in [9.17, 15) is 18.4 Å². The lowest BCUT2D eigenvalue weighted by atomic mass is 10.1. The zero-order valence-electron chi connectivity index (χ0n) is 16.4. The Morgan fingerprint density at radius 3 is 2.45 bits per heavy atom. The molecule has 3 aromatic rings. The normalized spacial score (nSPS) is 11.3.